The Morgan fingerprint density at radius 1 is 1.45 bits per heavy atom. The van der Waals surface area contributed by atoms with Crippen molar-refractivity contribution in [3.63, 3.8) is 0 Å². The molecule has 0 aliphatic carbocycles. The maximum Gasteiger partial charge on any atom is 0.339 e. The maximum absolute atomic E-state index is 10.8. The number of amides is 1. The molecule has 1 amide bonds. The van der Waals surface area contributed by atoms with E-state index in [-0.39, 0.29) is 11.9 Å². The summed E-state index contributed by atoms with van der Waals surface area (Å²) in [6, 6.07) is 0. The summed E-state index contributed by atoms with van der Waals surface area (Å²) in [7, 11) is 0. The number of fused-ring (bicyclic) bond motifs is 1. The highest BCUT2D eigenvalue weighted by Crippen LogP contribution is 2.11. The summed E-state index contributed by atoms with van der Waals surface area (Å²) >= 11 is 0. The number of carbonyl (C=O) groups excluding carboxylic acids is 2. The van der Waals surface area contributed by atoms with E-state index in [1.165, 1.54) is 0 Å². The summed E-state index contributed by atoms with van der Waals surface area (Å²) in [5.74, 6) is -1.45. The summed E-state index contributed by atoms with van der Waals surface area (Å²) < 4.78 is 0.831. The third-order valence-electron chi connectivity index (χ3n) is 1.24. The average molecular weight is 153 g/mol. The van der Waals surface area contributed by atoms with Gasteiger partial charge in [-0.05, 0) is 0 Å². The lowest BCUT2D eigenvalue weighted by Crippen LogP contribution is -2.18. The second kappa shape index (κ2) is 1.57. The predicted octanol–water partition coefficient (Wildman–Crippen LogP) is -1.55. The Hall–Kier alpha value is -1.92. The lowest BCUT2D eigenvalue weighted by molar-refractivity contribution is -0.112. The Morgan fingerprint density at radius 2 is 2.18 bits per heavy atom. The normalized spacial score (nSPS) is 14.9. The largest absolute Gasteiger partial charge is 0.366 e. The molecule has 1 aliphatic rings. The van der Waals surface area contributed by atoms with Crippen molar-refractivity contribution in [2.75, 3.05) is 11.1 Å². The number of anilines is 2. The topological polar surface area (TPSA) is 103 Å². The van der Waals surface area contributed by atoms with Gasteiger partial charge < -0.3 is 5.73 Å². The van der Waals surface area contributed by atoms with Crippen LogP contribution in [0.1, 0.15) is 4.79 Å². The van der Waals surface area contributed by atoms with Crippen molar-refractivity contribution in [2.45, 2.75) is 0 Å². The third-order valence-corrected chi connectivity index (χ3v) is 1.24. The molecule has 1 aliphatic heterocycles. The van der Waals surface area contributed by atoms with Crippen LogP contribution in [0.3, 0.4) is 0 Å². The molecule has 0 atom stereocenters. The molecule has 0 radical (unpaired) electrons. The van der Waals surface area contributed by atoms with Gasteiger partial charge in [-0.3, -0.25) is 14.9 Å². The van der Waals surface area contributed by atoms with Crippen LogP contribution in [-0.2, 0) is 4.79 Å². The molecule has 3 N–H and O–H groups in total. The van der Waals surface area contributed by atoms with Gasteiger partial charge in [0.25, 0.3) is 0 Å². The zero-order valence-corrected chi connectivity index (χ0v) is 5.24. The van der Waals surface area contributed by atoms with Gasteiger partial charge in [-0.2, -0.15) is 9.67 Å². The molecule has 0 unspecified atom stereocenters. The molecule has 7 nitrogen and oxygen atoms in total. The molecule has 56 valence electrons. The van der Waals surface area contributed by atoms with Crippen molar-refractivity contribution in [2.24, 2.45) is 0 Å². The number of nitrogens with one attached hydrogen (secondary N) is 1. The van der Waals surface area contributed by atoms with E-state index in [0.717, 1.165) is 4.68 Å². The van der Waals surface area contributed by atoms with E-state index in [0.29, 0.717) is 0 Å². The number of hydrogen-bond acceptors (Lipinski definition) is 5. The zero-order valence-electron chi connectivity index (χ0n) is 5.24. The lowest BCUT2D eigenvalue weighted by atomic mass is 10.6. The summed E-state index contributed by atoms with van der Waals surface area (Å²) in [5.41, 5.74) is 5.15. The van der Waals surface area contributed by atoms with Crippen molar-refractivity contribution >= 4 is 23.7 Å². The van der Waals surface area contributed by atoms with Gasteiger partial charge in [-0.25, -0.2) is 0 Å². The smallest absolute Gasteiger partial charge is 0.339 e. The molecule has 0 aromatic carbocycles. The van der Waals surface area contributed by atoms with Crippen LogP contribution >= 0.6 is 0 Å². The molecule has 2 rings (SSSR count). The van der Waals surface area contributed by atoms with E-state index in [1.54, 1.807) is 0 Å². The number of carbonyl (C=O) groups is 2. The molecule has 0 fully saturated rings. The Balaban J connectivity index is 2.60. The monoisotopic (exact) mass is 153 g/mol. The van der Waals surface area contributed by atoms with Gasteiger partial charge in [-0.15, -0.1) is 5.10 Å². The lowest BCUT2D eigenvalue weighted by Gasteiger charge is -1.82. The number of nitrogens with two attached hydrogens (primary N) is 1. The number of nitrogen functional groups attached to an aromatic ring is 1. The quantitative estimate of drug-likeness (QED) is 0.439. The van der Waals surface area contributed by atoms with Crippen LogP contribution in [0.15, 0.2) is 0 Å². The van der Waals surface area contributed by atoms with Gasteiger partial charge >= 0.3 is 11.8 Å². The molecular formula is C4H3N5O2. The second-order valence-electron chi connectivity index (χ2n) is 1.96. The van der Waals surface area contributed by atoms with E-state index in [4.69, 9.17) is 5.73 Å². The number of rotatable bonds is 0. The Bertz CT molecular complexity index is 353. The molecule has 0 bridgehead atoms. The molecule has 2 heterocycles. The minimum atomic E-state index is -0.760. The summed E-state index contributed by atoms with van der Waals surface area (Å²) in [6.07, 6.45) is 0. The second-order valence-corrected chi connectivity index (χ2v) is 1.96. The molecular weight excluding hydrogens is 150 g/mol. The first-order valence-electron chi connectivity index (χ1n) is 2.76. The van der Waals surface area contributed by atoms with Crippen LogP contribution in [0.25, 0.3) is 0 Å². The van der Waals surface area contributed by atoms with E-state index in [1.807, 2.05) is 0 Å². The highest BCUT2D eigenvalue weighted by Gasteiger charge is 2.30. The van der Waals surface area contributed by atoms with Crippen molar-refractivity contribution in [1.29, 1.82) is 0 Å². The van der Waals surface area contributed by atoms with E-state index < -0.39 is 11.8 Å². The van der Waals surface area contributed by atoms with Gasteiger partial charge in [0.1, 0.15) is 0 Å². The maximum atomic E-state index is 10.8. The Labute approximate surface area is 60.2 Å². The van der Waals surface area contributed by atoms with Gasteiger partial charge in [-0.1, -0.05) is 0 Å². The summed E-state index contributed by atoms with van der Waals surface area (Å²) in [5, 5.41) is 5.66. The van der Waals surface area contributed by atoms with Crippen LogP contribution in [0.5, 0.6) is 0 Å². The van der Waals surface area contributed by atoms with Gasteiger partial charge in [0.2, 0.25) is 11.9 Å². The SMILES string of the molecule is Nc1nc2n(n1)C(=O)C(=O)N2. The standard InChI is InChI=1S/C4H3N5O2/c5-3-7-4-6-1(10)2(11)9(4)8-3/h(H3,5,6,7,8,10). The number of hydrogen-bond donors (Lipinski definition) is 2. The van der Waals surface area contributed by atoms with Crippen molar-refractivity contribution in [3.8, 4) is 0 Å². The molecule has 0 saturated carbocycles. The number of aromatic nitrogens is 3. The van der Waals surface area contributed by atoms with Crippen LogP contribution in [0.4, 0.5) is 11.9 Å². The molecule has 1 aromatic heterocycles. The fraction of sp³-hybridized carbons (Fsp3) is 0. The first-order valence-corrected chi connectivity index (χ1v) is 2.76. The van der Waals surface area contributed by atoms with Crippen molar-refractivity contribution in [1.82, 2.24) is 14.8 Å². The molecule has 0 spiro atoms. The summed E-state index contributed by atoms with van der Waals surface area (Å²) in [4.78, 5) is 25.0. The van der Waals surface area contributed by atoms with Gasteiger partial charge in [0.15, 0.2) is 0 Å². The Kier molecular flexibility index (Phi) is 0.831. The van der Waals surface area contributed by atoms with Crippen LogP contribution < -0.4 is 11.1 Å². The molecule has 11 heavy (non-hydrogen) atoms. The Morgan fingerprint density at radius 3 is 2.82 bits per heavy atom. The fourth-order valence-corrected chi connectivity index (χ4v) is 0.802. The van der Waals surface area contributed by atoms with Crippen molar-refractivity contribution < 1.29 is 9.59 Å². The zero-order chi connectivity index (χ0) is 8.01. The van der Waals surface area contributed by atoms with Crippen molar-refractivity contribution in [3.05, 3.63) is 0 Å². The first kappa shape index (κ1) is 5.83. The minimum Gasteiger partial charge on any atom is -0.366 e. The highest BCUT2D eigenvalue weighted by atomic mass is 16.2. The summed E-state index contributed by atoms with van der Waals surface area (Å²) in [6.45, 7) is 0. The first-order chi connectivity index (χ1) is 5.18. The van der Waals surface area contributed by atoms with Crippen LogP contribution in [0.2, 0.25) is 0 Å². The number of nitrogens with zero attached hydrogens (tertiary/aromatic N) is 3. The average Bonchev–Trinajstić information content (AvgIpc) is 2.37. The van der Waals surface area contributed by atoms with E-state index >= 15 is 0 Å². The molecule has 0 saturated heterocycles. The highest BCUT2D eigenvalue weighted by molar-refractivity contribution is 6.43. The fourth-order valence-electron chi connectivity index (χ4n) is 0.802. The van der Waals surface area contributed by atoms with E-state index in [2.05, 4.69) is 15.4 Å². The van der Waals surface area contributed by atoms with Crippen LogP contribution in [-0.4, -0.2) is 26.6 Å². The van der Waals surface area contributed by atoms with Gasteiger partial charge in [0, 0.05) is 0 Å². The third kappa shape index (κ3) is 0.613. The predicted molar refractivity (Wildman–Crippen MR) is 33.7 cm³/mol. The van der Waals surface area contributed by atoms with Gasteiger partial charge in [0.05, 0.1) is 0 Å². The molecule has 7 heteroatoms. The molecule has 1 aromatic rings. The van der Waals surface area contributed by atoms with Crippen LogP contribution in [0, 0.1) is 0 Å². The van der Waals surface area contributed by atoms with E-state index in [9.17, 15) is 9.59 Å². The minimum absolute atomic E-state index is 0.0339.